The molecule has 6 nitrogen and oxygen atoms in total. The van der Waals surface area contributed by atoms with Crippen molar-refractivity contribution in [3.05, 3.63) is 71.8 Å². The fraction of sp³-hybridized carbons (Fsp3) is 0.318. The van der Waals surface area contributed by atoms with Crippen molar-refractivity contribution < 1.29 is 9.59 Å². The van der Waals surface area contributed by atoms with E-state index in [1.807, 2.05) is 60.7 Å². The van der Waals surface area contributed by atoms with Gasteiger partial charge in [0.25, 0.3) is 0 Å². The van der Waals surface area contributed by atoms with Crippen molar-refractivity contribution in [3.8, 4) is 6.07 Å². The second-order valence-electron chi connectivity index (χ2n) is 6.95. The quantitative estimate of drug-likeness (QED) is 0.807. The van der Waals surface area contributed by atoms with E-state index in [1.54, 1.807) is 0 Å². The molecule has 0 spiro atoms. The van der Waals surface area contributed by atoms with Crippen LogP contribution in [0.1, 0.15) is 36.4 Å². The minimum atomic E-state index is -0.957. The molecule has 0 aromatic heterocycles. The third-order valence-electron chi connectivity index (χ3n) is 4.98. The van der Waals surface area contributed by atoms with Gasteiger partial charge in [-0.05, 0) is 24.0 Å². The molecule has 28 heavy (non-hydrogen) atoms. The zero-order chi connectivity index (χ0) is 19.9. The average molecular weight is 376 g/mol. The molecule has 1 heterocycles. The van der Waals surface area contributed by atoms with Gasteiger partial charge in [-0.2, -0.15) is 5.26 Å². The molecule has 0 radical (unpaired) electrons. The molecular weight excluding hydrogens is 352 g/mol. The van der Waals surface area contributed by atoms with E-state index in [0.717, 1.165) is 17.5 Å². The lowest BCUT2D eigenvalue weighted by atomic mass is 9.98. The van der Waals surface area contributed by atoms with Gasteiger partial charge in [0.1, 0.15) is 6.04 Å². The molecule has 0 bridgehead atoms. The first-order valence-electron chi connectivity index (χ1n) is 9.45. The second kappa shape index (κ2) is 9.16. The van der Waals surface area contributed by atoms with Gasteiger partial charge in [-0.1, -0.05) is 60.7 Å². The van der Waals surface area contributed by atoms with Crippen LogP contribution in [0.4, 0.5) is 0 Å². The summed E-state index contributed by atoms with van der Waals surface area (Å²) in [5.74, 6) is -0.638. The van der Waals surface area contributed by atoms with Gasteiger partial charge in [-0.25, -0.2) is 0 Å². The van der Waals surface area contributed by atoms with Crippen LogP contribution in [0.3, 0.4) is 0 Å². The van der Waals surface area contributed by atoms with E-state index in [4.69, 9.17) is 11.0 Å². The molecule has 1 aliphatic heterocycles. The van der Waals surface area contributed by atoms with Crippen LogP contribution in [-0.4, -0.2) is 35.3 Å². The summed E-state index contributed by atoms with van der Waals surface area (Å²) in [5, 5.41) is 12.2. The fourth-order valence-corrected chi connectivity index (χ4v) is 3.53. The lowest BCUT2D eigenvalue weighted by Crippen LogP contribution is -2.47. The van der Waals surface area contributed by atoms with Gasteiger partial charge in [-0.3, -0.25) is 9.59 Å². The number of carbonyl (C=O) groups is 2. The summed E-state index contributed by atoms with van der Waals surface area (Å²) in [6.07, 6.45) is 1.32. The summed E-state index contributed by atoms with van der Waals surface area (Å²) >= 11 is 0. The number of nitrogens with zero attached hydrogens (tertiary/aromatic N) is 2. The molecule has 3 rings (SSSR count). The van der Waals surface area contributed by atoms with Crippen LogP contribution in [0.15, 0.2) is 60.7 Å². The standard InChI is InChI=1S/C22H24N4O2/c23-15-18-12-7-13-26(18)22(28)19(24)14-20(27)25-21(16-8-3-1-4-9-16)17-10-5-2-6-11-17/h1-6,8-11,18-19,21H,7,12-14,24H2,(H,25,27)/t18-,19-/m0/s1. The fourth-order valence-electron chi connectivity index (χ4n) is 3.53. The van der Waals surface area contributed by atoms with Gasteiger partial charge in [0.05, 0.1) is 24.6 Å². The number of amides is 2. The molecule has 3 N–H and O–H groups in total. The highest BCUT2D eigenvalue weighted by atomic mass is 16.2. The van der Waals surface area contributed by atoms with Crippen molar-refractivity contribution >= 4 is 11.8 Å². The highest BCUT2D eigenvalue weighted by Gasteiger charge is 2.32. The molecule has 1 aliphatic rings. The van der Waals surface area contributed by atoms with E-state index in [2.05, 4.69) is 11.4 Å². The first kappa shape index (κ1) is 19.6. The molecule has 1 saturated heterocycles. The Morgan fingerprint density at radius 1 is 1.11 bits per heavy atom. The number of carbonyl (C=O) groups excluding carboxylic acids is 2. The van der Waals surface area contributed by atoms with E-state index in [-0.39, 0.29) is 24.3 Å². The van der Waals surface area contributed by atoms with Crippen LogP contribution >= 0.6 is 0 Å². The SMILES string of the molecule is N#C[C@@H]1CCCN1C(=O)[C@@H](N)CC(=O)NC(c1ccccc1)c1ccccc1. The molecule has 2 amide bonds. The van der Waals surface area contributed by atoms with Crippen molar-refractivity contribution in [1.29, 1.82) is 5.26 Å². The lowest BCUT2D eigenvalue weighted by molar-refractivity contribution is -0.135. The summed E-state index contributed by atoms with van der Waals surface area (Å²) in [4.78, 5) is 26.7. The number of hydrogen-bond acceptors (Lipinski definition) is 4. The van der Waals surface area contributed by atoms with E-state index in [9.17, 15) is 9.59 Å². The maximum atomic E-state index is 12.7. The van der Waals surface area contributed by atoms with Crippen LogP contribution in [0.25, 0.3) is 0 Å². The van der Waals surface area contributed by atoms with Gasteiger partial charge < -0.3 is 16.0 Å². The first-order valence-corrected chi connectivity index (χ1v) is 9.45. The maximum Gasteiger partial charge on any atom is 0.241 e. The number of benzene rings is 2. The van der Waals surface area contributed by atoms with E-state index in [1.165, 1.54) is 4.90 Å². The van der Waals surface area contributed by atoms with Gasteiger partial charge in [0.2, 0.25) is 11.8 Å². The third-order valence-corrected chi connectivity index (χ3v) is 4.98. The van der Waals surface area contributed by atoms with Gasteiger partial charge in [0.15, 0.2) is 0 Å². The molecule has 0 unspecified atom stereocenters. The van der Waals surface area contributed by atoms with Gasteiger partial charge in [0, 0.05) is 6.54 Å². The Kier molecular flexibility index (Phi) is 6.41. The molecule has 2 atom stereocenters. The normalized spacial score (nSPS) is 17.2. The average Bonchev–Trinajstić information content (AvgIpc) is 3.21. The zero-order valence-corrected chi connectivity index (χ0v) is 15.6. The Labute approximate surface area is 164 Å². The van der Waals surface area contributed by atoms with E-state index in [0.29, 0.717) is 13.0 Å². The van der Waals surface area contributed by atoms with Crippen LogP contribution in [-0.2, 0) is 9.59 Å². The number of hydrogen-bond donors (Lipinski definition) is 2. The summed E-state index contributed by atoms with van der Waals surface area (Å²) in [5.41, 5.74) is 7.91. The maximum absolute atomic E-state index is 12.7. The van der Waals surface area contributed by atoms with Crippen LogP contribution in [0.2, 0.25) is 0 Å². The largest absolute Gasteiger partial charge is 0.345 e. The Morgan fingerprint density at radius 3 is 2.21 bits per heavy atom. The minimum absolute atomic E-state index is 0.121. The number of nitrogens with one attached hydrogen (secondary N) is 1. The Morgan fingerprint density at radius 2 is 1.68 bits per heavy atom. The Bertz CT molecular complexity index is 808. The molecule has 2 aromatic carbocycles. The van der Waals surface area contributed by atoms with Crippen LogP contribution in [0, 0.1) is 11.3 Å². The smallest absolute Gasteiger partial charge is 0.241 e. The summed E-state index contributed by atoms with van der Waals surface area (Å²) < 4.78 is 0. The second-order valence-corrected chi connectivity index (χ2v) is 6.95. The Hall–Kier alpha value is -3.17. The van der Waals surface area contributed by atoms with E-state index < -0.39 is 12.1 Å². The Balaban J connectivity index is 1.69. The van der Waals surface area contributed by atoms with Crippen LogP contribution < -0.4 is 11.1 Å². The van der Waals surface area contributed by atoms with Crippen molar-refractivity contribution in [1.82, 2.24) is 10.2 Å². The predicted octanol–water partition coefficient (Wildman–Crippen LogP) is 2.12. The molecule has 0 saturated carbocycles. The highest BCUT2D eigenvalue weighted by molar-refractivity contribution is 5.89. The summed E-state index contributed by atoms with van der Waals surface area (Å²) in [6.45, 7) is 0.517. The number of nitrogens with two attached hydrogens (primary N) is 1. The van der Waals surface area contributed by atoms with Crippen molar-refractivity contribution in [3.63, 3.8) is 0 Å². The predicted molar refractivity (Wildman–Crippen MR) is 106 cm³/mol. The van der Waals surface area contributed by atoms with Crippen molar-refractivity contribution in [2.75, 3.05) is 6.54 Å². The molecular formula is C22H24N4O2. The van der Waals surface area contributed by atoms with Crippen molar-refractivity contribution in [2.45, 2.75) is 37.4 Å². The lowest BCUT2D eigenvalue weighted by Gasteiger charge is -2.24. The number of rotatable bonds is 6. The number of likely N-dealkylation sites (tertiary alicyclic amines) is 1. The van der Waals surface area contributed by atoms with Gasteiger partial charge >= 0.3 is 0 Å². The number of nitriles is 1. The zero-order valence-electron chi connectivity index (χ0n) is 15.6. The molecule has 6 heteroatoms. The minimum Gasteiger partial charge on any atom is -0.345 e. The molecule has 2 aromatic rings. The third kappa shape index (κ3) is 4.56. The van der Waals surface area contributed by atoms with Gasteiger partial charge in [-0.15, -0.1) is 0 Å². The van der Waals surface area contributed by atoms with Crippen molar-refractivity contribution in [2.24, 2.45) is 5.73 Å². The molecule has 144 valence electrons. The summed E-state index contributed by atoms with van der Waals surface area (Å²) in [7, 11) is 0. The molecule has 0 aliphatic carbocycles. The topological polar surface area (TPSA) is 99.2 Å². The first-order chi connectivity index (χ1) is 13.6. The summed E-state index contributed by atoms with van der Waals surface area (Å²) in [6, 6.07) is 19.7. The van der Waals surface area contributed by atoms with Crippen LogP contribution in [0.5, 0.6) is 0 Å². The van der Waals surface area contributed by atoms with E-state index >= 15 is 0 Å². The highest BCUT2D eigenvalue weighted by Crippen LogP contribution is 2.22. The molecule has 1 fully saturated rings. The monoisotopic (exact) mass is 376 g/mol.